The van der Waals surface area contributed by atoms with E-state index >= 15 is 0 Å². The molecule has 0 saturated heterocycles. The molecule has 0 aliphatic rings. The van der Waals surface area contributed by atoms with Gasteiger partial charge in [-0.15, -0.1) is 17.3 Å². The first-order chi connectivity index (χ1) is 17.0. The average molecular weight is 663 g/mol. The number of ketones is 3. The summed E-state index contributed by atoms with van der Waals surface area (Å²) in [5, 5.41) is 30.4. The van der Waals surface area contributed by atoms with Crippen molar-refractivity contribution in [2.24, 2.45) is 0 Å². The van der Waals surface area contributed by atoms with Crippen LogP contribution in [0, 0.1) is 37.3 Å². The first kappa shape index (κ1) is 38.7. The third-order valence-electron chi connectivity index (χ3n) is 3.73. The molecule has 2 aromatic heterocycles. The zero-order valence-corrected chi connectivity index (χ0v) is 24.0. The summed E-state index contributed by atoms with van der Waals surface area (Å²) in [4.78, 5) is 39.4. The second-order valence-corrected chi connectivity index (χ2v) is 7.15. The summed E-state index contributed by atoms with van der Waals surface area (Å²) in [6, 6.07) is 11.6. The molecule has 0 N–H and O–H groups in total. The molecule has 0 spiro atoms. The Morgan fingerprint density at radius 1 is 0.622 bits per heavy atom. The number of carbonyl (C=O) groups excluding carboxylic acids is 3. The van der Waals surface area contributed by atoms with Crippen LogP contribution in [0.2, 0.25) is 0 Å². The molecule has 0 fully saturated rings. The minimum atomic E-state index is -0.170. The van der Waals surface area contributed by atoms with Crippen LogP contribution in [0.3, 0.4) is 0 Å². The fourth-order valence-corrected chi connectivity index (χ4v) is 2.01. The number of nitrogens with zero attached hydrogens (tertiary/aromatic N) is 2. The second kappa shape index (κ2) is 24.9. The van der Waals surface area contributed by atoms with Crippen molar-refractivity contribution in [3.63, 3.8) is 0 Å². The number of carbonyl (C=O) groups is 3. The second-order valence-electron chi connectivity index (χ2n) is 7.15. The molecule has 0 aliphatic heterocycles. The van der Waals surface area contributed by atoms with Gasteiger partial charge in [-0.3, -0.25) is 24.4 Å². The maximum absolute atomic E-state index is 10.3. The smallest absolute Gasteiger partial charge is 0.876 e. The Labute approximate surface area is 249 Å². The van der Waals surface area contributed by atoms with Gasteiger partial charge in [0, 0.05) is 31.7 Å². The molecule has 37 heavy (non-hydrogen) atoms. The van der Waals surface area contributed by atoms with Gasteiger partial charge in [0.1, 0.15) is 0 Å². The molecule has 0 bridgehead atoms. The molecule has 0 saturated carbocycles. The summed E-state index contributed by atoms with van der Waals surface area (Å²) in [5.74, 6) is -0.807. The van der Waals surface area contributed by atoms with Gasteiger partial charge in [-0.25, -0.2) is 0 Å². The van der Waals surface area contributed by atoms with Crippen molar-refractivity contribution >= 4 is 17.3 Å². The van der Waals surface area contributed by atoms with E-state index in [-0.39, 0.29) is 71.9 Å². The van der Waals surface area contributed by atoms with Crippen LogP contribution in [0.15, 0.2) is 84.3 Å². The van der Waals surface area contributed by atoms with Crippen molar-refractivity contribution < 1.29 is 67.0 Å². The van der Waals surface area contributed by atoms with Crippen molar-refractivity contribution in [2.45, 2.75) is 60.8 Å². The summed E-state index contributed by atoms with van der Waals surface area (Å²) in [5.41, 5.74) is 1.83. The first-order valence-electron chi connectivity index (χ1n) is 11.4. The van der Waals surface area contributed by atoms with E-state index in [4.69, 9.17) is 0 Å². The number of hydrogen-bond donors (Lipinski definition) is 0. The van der Waals surface area contributed by atoms with Crippen molar-refractivity contribution in [1.82, 2.24) is 9.97 Å². The van der Waals surface area contributed by atoms with Crippen LogP contribution >= 0.6 is 0 Å². The largest absolute Gasteiger partial charge is 3.00 e. The summed E-state index contributed by atoms with van der Waals surface area (Å²) < 4.78 is 0. The molecule has 1 radical (unpaired) electrons. The van der Waals surface area contributed by atoms with Crippen LogP contribution in [-0.4, -0.2) is 27.3 Å². The molecule has 8 nitrogen and oxygen atoms in total. The zero-order valence-electron chi connectivity index (χ0n) is 22.1. The Hall–Kier alpha value is -2.82. The fraction of sp³-hybridized carbons (Fsp3) is 0.321. The summed E-state index contributed by atoms with van der Waals surface area (Å²) >= 11 is 0. The van der Waals surface area contributed by atoms with Gasteiger partial charge in [0.05, 0.1) is 11.4 Å². The topological polar surface area (TPSA) is 146 Å². The number of allylic oxidation sites excluding steroid dienone is 6. The molecule has 0 amide bonds. The maximum Gasteiger partial charge on any atom is 3.00 e. The minimum Gasteiger partial charge on any atom is -0.876 e. The zero-order chi connectivity index (χ0) is 27.9. The van der Waals surface area contributed by atoms with Crippen LogP contribution in [0.1, 0.15) is 60.8 Å². The van der Waals surface area contributed by atoms with E-state index in [1.54, 1.807) is 33.2 Å². The normalized spacial score (nSPS) is 10.6. The van der Waals surface area contributed by atoms with Crippen LogP contribution in [0.5, 0.6) is 0 Å². The number of rotatable bonds is 7. The van der Waals surface area contributed by atoms with E-state index in [1.807, 2.05) is 36.4 Å². The maximum atomic E-state index is 10.3. The Kier molecular flexibility index (Phi) is 26.0. The molecule has 2 heterocycles. The number of hydrogen-bond acceptors (Lipinski definition) is 8. The average Bonchev–Trinajstić information content (AvgIpc) is 2.85. The first-order valence-corrected chi connectivity index (χ1v) is 11.4. The summed E-state index contributed by atoms with van der Waals surface area (Å²) in [6.07, 6.45) is 8.12. The van der Waals surface area contributed by atoms with E-state index < -0.39 is 0 Å². The van der Waals surface area contributed by atoms with Crippen LogP contribution in [0.25, 0.3) is 11.4 Å². The molecule has 2 aromatic rings. The van der Waals surface area contributed by atoms with Crippen LogP contribution in [-0.2, 0) is 14.4 Å². The summed E-state index contributed by atoms with van der Waals surface area (Å²) in [7, 11) is 0. The quantitative estimate of drug-likeness (QED) is 0.325. The van der Waals surface area contributed by atoms with Crippen molar-refractivity contribution in [2.75, 3.05) is 0 Å². The van der Waals surface area contributed by atoms with Crippen molar-refractivity contribution in [3.8, 4) is 11.4 Å². The van der Waals surface area contributed by atoms with E-state index in [9.17, 15) is 29.7 Å². The molecule has 205 valence electrons. The van der Waals surface area contributed by atoms with Gasteiger partial charge < -0.3 is 15.3 Å². The predicted octanol–water partition coefficient (Wildman–Crippen LogP) is 2.83. The van der Waals surface area contributed by atoms with E-state index in [2.05, 4.69) is 9.97 Å². The van der Waals surface area contributed by atoms with Gasteiger partial charge in [0.15, 0.2) is 17.3 Å². The Bertz CT molecular complexity index is 883. The molecule has 2 rings (SSSR count). The molecule has 0 unspecified atom stereocenters. The fourth-order valence-electron chi connectivity index (χ4n) is 2.01. The van der Waals surface area contributed by atoms with Gasteiger partial charge in [0.25, 0.3) is 0 Å². The SMILES string of the molecule is CCC(=O)/C=C(/C)[O-].CCC(=O)/C=C(/C)[O-].CCC(=O)/C=C(/C)[O-].[Er+3].c1ccc(-c2ccccn2)nc1. The van der Waals surface area contributed by atoms with Gasteiger partial charge in [-0.2, -0.15) is 0 Å². The third kappa shape index (κ3) is 26.1. The monoisotopic (exact) mass is 661 g/mol. The Morgan fingerprint density at radius 2 is 0.892 bits per heavy atom. The third-order valence-corrected chi connectivity index (χ3v) is 3.73. The molecular weight excluding hydrogens is 628 g/mol. The number of pyridine rings is 2. The van der Waals surface area contributed by atoms with Gasteiger partial charge in [0.2, 0.25) is 0 Å². The molecule has 0 aromatic carbocycles. The predicted molar refractivity (Wildman–Crippen MR) is 135 cm³/mol. The van der Waals surface area contributed by atoms with E-state index in [1.165, 1.54) is 20.8 Å². The molecule has 9 heteroatoms. The van der Waals surface area contributed by atoms with E-state index in [0.717, 1.165) is 29.6 Å². The van der Waals surface area contributed by atoms with Crippen LogP contribution < -0.4 is 15.3 Å². The van der Waals surface area contributed by atoms with Crippen LogP contribution in [0.4, 0.5) is 0 Å². The molecule has 0 aliphatic carbocycles. The minimum absolute atomic E-state index is 0. The Morgan fingerprint density at radius 3 is 1.03 bits per heavy atom. The van der Waals surface area contributed by atoms with Gasteiger partial charge in [-0.05, 0) is 42.5 Å². The van der Waals surface area contributed by atoms with Crippen molar-refractivity contribution in [1.29, 1.82) is 0 Å². The van der Waals surface area contributed by atoms with Gasteiger partial charge >= 0.3 is 37.3 Å². The Balaban J connectivity index is -0.000000423. The number of aromatic nitrogens is 2. The summed E-state index contributed by atoms with van der Waals surface area (Å²) in [6.45, 7) is 9.28. The van der Waals surface area contributed by atoms with Gasteiger partial charge in [-0.1, -0.05) is 53.7 Å². The standard InChI is InChI=1S/C10H8N2.3C6H10O2.Er/c1-3-7-11-9(5-1)10-6-2-4-8-12-10;3*1-3-6(8)4-5(2)7;/h1-8H;3*4,7H,3H2,1-2H3;/q;;;;+3/p-3/b;3*5-4-;. The molecular formula is C28H35ErN2O6. The van der Waals surface area contributed by atoms with E-state index in [0.29, 0.717) is 19.3 Å². The molecule has 0 atom stereocenters. The van der Waals surface area contributed by atoms with Crippen molar-refractivity contribution in [3.05, 3.63) is 84.3 Å².